The van der Waals surface area contributed by atoms with E-state index >= 15 is 0 Å². The molecule has 1 aromatic heterocycles. The summed E-state index contributed by atoms with van der Waals surface area (Å²) in [5.41, 5.74) is 6.26. The van der Waals surface area contributed by atoms with Crippen LogP contribution in [0, 0.1) is 20.2 Å². The smallest absolute Gasteiger partial charge is 0.329 e. The fourth-order valence-corrected chi connectivity index (χ4v) is 2.80. The van der Waals surface area contributed by atoms with Crippen LogP contribution in [0.3, 0.4) is 0 Å². The van der Waals surface area contributed by atoms with Gasteiger partial charge in [0.2, 0.25) is 11.8 Å². The third-order valence-electron chi connectivity index (χ3n) is 4.16. The minimum atomic E-state index is -0.615. The van der Waals surface area contributed by atoms with E-state index in [1.54, 1.807) is 12.1 Å². The van der Waals surface area contributed by atoms with Gasteiger partial charge < -0.3 is 10.6 Å². The van der Waals surface area contributed by atoms with Crippen molar-refractivity contribution in [3.8, 4) is 0 Å². The molecule has 26 heavy (non-hydrogen) atoms. The highest BCUT2D eigenvalue weighted by molar-refractivity contribution is 5.53. The molecule has 2 N–H and O–H groups in total. The van der Waals surface area contributed by atoms with Gasteiger partial charge in [0, 0.05) is 44.9 Å². The Balaban J connectivity index is 1.61. The number of hydrogen-bond donors (Lipinski definition) is 1. The molecule has 11 heteroatoms. The predicted octanol–water partition coefficient (Wildman–Crippen LogP) is 1.20. The summed E-state index contributed by atoms with van der Waals surface area (Å²) in [5, 5.41) is 21.6. The topological polar surface area (TPSA) is 145 Å². The molecule has 0 bridgehead atoms. The van der Waals surface area contributed by atoms with Crippen molar-refractivity contribution in [2.24, 2.45) is 0 Å². The van der Waals surface area contributed by atoms with Crippen LogP contribution < -0.4 is 10.6 Å². The van der Waals surface area contributed by atoms with Gasteiger partial charge in [0.25, 0.3) is 5.69 Å². The number of aromatic nitrogens is 2. The zero-order valence-electron chi connectivity index (χ0n) is 13.8. The summed E-state index contributed by atoms with van der Waals surface area (Å²) in [5.74, 6) is 0.210. The van der Waals surface area contributed by atoms with Gasteiger partial charge in [-0.25, -0.2) is 4.98 Å². The van der Waals surface area contributed by atoms with Gasteiger partial charge >= 0.3 is 5.69 Å². The fraction of sp³-hybridized carbons (Fsp3) is 0.333. The lowest BCUT2D eigenvalue weighted by Gasteiger charge is -2.34. The lowest BCUT2D eigenvalue weighted by atomic mass is 10.2. The third kappa shape index (κ3) is 3.83. The molecule has 11 nitrogen and oxygen atoms in total. The number of nitro groups is 2. The molecule has 3 rings (SSSR count). The van der Waals surface area contributed by atoms with E-state index < -0.39 is 9.85 Å². The average molecular weight is 359 g/mol. The molecule has 0 spiro atoms. The SMILES string of the molecule is Nc1nc(N2CCN(Cc3cccc([N+](=O)[O-])c3)CC2)ncc1[N+](=O)[O-]. The standard InChI is InChI=1S/C15H17N7O4/c16-14-13(22(25)26)9-17-15(18-14)20-6-4-19(5-7-20)10-11-2-1-3-12(8-11)21(23)24/h1-3,8-9H,4-7,10H2,(H2,16,17,18). The number of non-ortho nitro benzene ring substituents is 1. The molecule has 2 heterocycles. The van der Waals surface area contributed by atoms with E-state index in [1.165, 1.54) is 6.07 Å². The first-order valence-electron chi connectivity index (χ1n) is 7.91. The lowest BCUT2D eigenvalue weighted by molar-refractivity contribution is -0.385. The molecule has 1 aromatic carbocycles. The number of hydrogen-bond acceptors (Lipinski definition) is 9. The van der Waals surface area contributed by atoms with Gasteiger partial charge in [0.15, 0.2) is 0 Å². The average Bonchev–Trinajstić information content (AvgIpc) is 2.62. The Kier molecular flexibility index (Phi) is 4.89. The van der Waals surface area contributed by atoms with E-state index in [-0.39, 0.29) is 17.2 Å². The lowest BCUT2D eigenvalue weighted by Crippen LogP contribution is -2.46. The van der Waals surface area contributed by atoms with Crippen LogP contribution in [-0.4, -0.2) is 50.9 Å². The van der Waals surface area contributed by atoms with Crippen LogP contribution >= 0.6 is 0 Å². The summed E-state index contributed by atoms with van der Waals surface area (Å²) in [6.45, 7) is 3.29. The number of benzene rings is 1. The Morgan fingerprint density at radius 2 is 1.85 bits per heavy atom. The van der Waals surface area contributed by atoms with Crippen LogP contribution in [0.25, 0.3) is 0 Å². The number of anilines is 2. The van der Waals surface area contributed by atoms with Gasteiger partial charge in [-0.2, -0.15) is 4.98 Å². The Morgan fingerprint density at radius 1 is 1.12 bits per heavy atom. The third-order valence-corrected chi connectivity index (χ3v) is 4.16. The van der Waals surface area contributed by atoms with Gasteiger partial charge in [-0.3, -0.25) is 25.1 Å². The number of nitrogens with zero attached hydrogens (tertiary/aromatic N) is 6. The molecule has 1 aliphatic rings. The Hall–Kier alpha value is -3.34. The number of nitrogens with two attached hydrogens (primary N) is 1. The summed E-state index contributed by atoms with van der Waals surface area (Å²) in [6, 6.07) is 6.58. The maximum atomic E-state index is 10.9. The van der Waals surface area contributed by atoms with Crippen molar-refractivity contribution in [2.45, 2.75) is 6.54 Å². The first-order chi connectivity index (χ1) is 12.4. The van der Waals surface area contributed by atoms with E-state index in [0.717, 1.165) is 11.8 Å². The molecule has 1 saturated heterocycles. The highest BCUT2D eigenvalue weighted by Crippen LogP contribution is 2.21. The number of nitro benzene ring substituents is 1. The van der Waals surface area contributed by atoms with Crippen LogP contribution in [-0.2, 0) is 6.54 Å². The molecular weight excluding hydrogens is 342 g/mol. The maximum absolute atomic E-state index is 10.9. The molecule has 0 atom stereocenters. The Morgan fingerprint density at radius 3 is 2.46 bits per heavy atom. The van der Waals surface area contributed by atoms with Crippen molar-refractivity contribution in [3.63, 3.8) is 0 Å². The molecule has 2 aromatic rings. The van der Waals surface area contributed by atoms with Crippen LogP contribution in [0.4, 0.5) is 23.1 Å². The van der Waals surface area contributed by atoms with Gasteiger partial charge in [-0.05, 0) is 5.56 Å². The second-order valence-electron chi connectivity index (χ2n) is 5.89. The predicted molar refractivity (Wildman–Crippen MR) is 93.7 cm³/mol. The van der Waals surface area contributed by atoms with E-state index in [2.05, 4.69) is 14.9 Å². The minimum Gasteiger partial charge on any atom is -0.378 e. The zero-order valence-corrected chi connectivity index (χ0v) is 13.8. The molecule has 0 aliphatic carbocycles. The zero-order chi connectivity index (χ0) is 18.7. The van der Waals surface area contributed by atoms with Crippen molar-refractivity contribution >= 4 is 23.1 Å². The normalized spacial score (nSPS) is 15.0. The van der Waals surface area contributed by atoms with Crippen LogP contribution in [0.1, 0.15) is 5.56 Å². The quantitative estimate of drug-likeness (QED) is 0.614. The number of nitrogen functional groups attached to an aromatic ring is 1. The van der Waals surface area contributed by atoms with Gasteiger partial charge in [-0.15, -0.1) is 0 Å². The van der Waals surface area contributed by atoms with Crippen molar-refractivity contribution in [3.05, 3.63) is 56.3 Å². The van der Waals surface area contributed by atoms with Crippen molar-refractivity contribution in [2.75, 3.05) is 36.8 Å². The number of rotatable bonds is 5. The minimum absolute atomic E-state index is 0.0795. The highest BCUT2D eigenvalue weighted by Gasteiger charge is 2.22. The second kappa shape index (κ2) is 7.27. The first-order valence-corrected chi connectivity index (χ1v) is 7.91. The first kappa shape index (κ1) is 17.5. The van der Waals surface area contributed by atoms with E-state index in [4.69, 9.17) is 5.73 Å². The molecular formula is C15H17N7O4. The van der Waals surface area contributed by atoms with E-state index in [1.807, 2.05) is 11.0 Å². The molecule has 1 aliphatic heterocycles. The molecule has 0 unspecified atom stereocenters. The molecule has 0 radical (unpaired) electrons. The van der Waals surface area contributed by atoms with Gasteiger partial charge in [0.05, 0.1) is 9.85 Å². The molecule has 0 amide bonds. The fourth-order valence-electron chi connectivity index (χ4n) is 2.80. The monoisotopic (exact) mass is 359 g/mol. The van der Waals surface area contributed by atoms with Crippen molar-refractivity contribution in [1.29, 1.82) is 0 Å². The summed E-state index contributed by atoms with van der Waals surface area (Å²) in [6.07, 6.45) is 1.12. The summed E-state index contributed by atoms with van der Waals surface area (Å²) in [4.78, 5) is 32.7. The second-order valence-corrected chi connectivity index (χ2v) is 5.89. The maximum Gasteiger partial charge on any atom is 0.329 e. The summed E-state index contributed by atoms with van der Waals surface area (Å²) in [7, 11) is 0. The van der Waals surface area contributed by atoms with E-state index in [0.29, 0.717) is 38.7 Å². The number of piperazine rings is 1. The van der Waals surface area contributed by atoms with Crippen LogP contribution in [0.15, 0.2) is 30.5 Å². The molecule has 0 saturated carbocycles. The van der Waals surface area contributed by atoms with Crippen molar-refractivity contribution in [1.82, 2.24) is 14.9 Å². The molecule has 136 valence electrons. The van der Waals surface area contributed by atoms with Crippen LogP contribution in [0.2, 0.25) is 0 Å². The summed E-state index contributed by atoms with van der Waals surface area (Å²) < 4.78 is 0. The van der Waals surface area contributed by atoms with Gasteiger partial charge in [-0.1, -0.05) is 12.1 Å². The van der Waals surface area contributed by atoms with Crippen LogP contribution in [0.5, 0.6) is 0 Å². The highest BCUT2D eigenvalue weighted by atomic mass is 16.6. The Bertz CT molecular complexity index is 836. The van der Waals surface area contributed by atoms with Gasteiger partial charge in [0.1, 0.15) is 6.20 Å². The summed E-state index contributed by atoms with van der Waals surface area (Å²) >= 11 is 0. The largest absolute Gasteiger partial charge is 0.378 e. The van der Waals surface area contributed by atoms with Crippen molar-refractivity contribution < 1.29 is 9.85 Å². The molecule has 1 fully saturated rings. The Labute approximate surface area is 148 Å². The van der Waals surface area contributed by atoms with E-state index in [9.17, 15) is 20.2 Å².